The van der Waals surface area contributed by atoms with Gasteiger partial charge < -0.3 is 0 Å². The van der Waals surface area contributed by atoms with Crippen LogP contribution in [0.3, 0.4) is 0 Å². The van der Waals surface area contributed by atoms with Crippen molar-refractivity contribution in [3.63, 3.8) is 0 Å². The van der Waals surface area contributed by atoms with Crippen LogP contribution in [0, 0.1) is 6.92 Å². The first kappa shape index (κ1) is 11.8. The van der Waals surface area contributed by atoms with Crippen LogP contribution in [0.5, 0.6) is 0 Å². The summed E-state index contributed by atoms with van der Waals surface area (Å²) in [5.74, 6) is 0.0565. The molecule has 2 aromatic rings. The number of Topliss-reactive ketones (excluding diaryl/α,β-unsaturated/α-hetero) is 1. The van der Waals surface area contributed by atoms with Gasteiger partial charge in [0.25, 0.3) is 0 Å². The number of imidazole rings is 1. The maximum absolute atomic E-state index is 11.6. The summed E-state index contributed by atoms with van der Waals surface area (Å²) in [7, 11) is 0. The predicted molar refractivity (Wildman–Crippen MR) is 68.6 cm³/mol. The molecule has 0 N–H and O–H groups in total. The van der Waals surface area contributed by atoms with Crippen LogP contribution in [-0.4, -0.2) is 15.2 Å². The third kappa shape index (κ3) is 1.97. The van der Waals surface area contributed by atoms with E-state index in [-0.39, 0.29) is 11.2 Å². The number of carbonyl (C=O) groups is 1. The second-order valence-corrected chi connectivity index (χ2v) is 5.50. The molecule has 0 saturated heterocycles. The van der Waals surface area contributed by atoms with E-state index >= 15 is 0 Å². The minimum Gasteiger partial charge on any atom is -0.297 e. The number of fused-ring (bicyclic) bond motifs is 1. The molecule has 0 saturated carbocycles. The van der Waals surface area contributed by atoms with E-state index in [1.165, 1.54) is 5.56 Å². The van der Waals surface area contributed by atoms with Crippen molar-refractivity contribution in [2.24, 2.45) is 0 Å². The molecule has 0 aliphatic rings. The van der Waals surface area contributed by atoms with Crippen molar-refractivity contribution in [3.05, 3.63) is 35.3 Å². The van der Waals surface area contributed by atoms with Gasteiger partial charge >= 0.3 is 0 Å². The van der Waals surface area contributed by atoms with E-state index in [2.05, 4.69) is 31.8 Å². The van der Waals surface area contributed by atoms with Gasteiger partial charge in [-0.1, -0.05) is 26.8 Å². The van der Waals surface area contributed by atoms with Crippen molar-refractivity contribution >= 4 is 11.4 Å². The zero-order valence-corrected chi connectivity index (χ0v) is 11.0. The Kier molecular flexibility index (Phi) is 2.57. The minimum atomic E-state index is 0.0565. The van der Waals surface area contributed by atoms with Gasteiger partial charge in [0.05, 0.1) is 5.69 Å². The lowest BCUT2D eigenvalue weighted by Crippen LogP contribution is -2.12. The summed E-state index contributed by atoms with van der Waals surface area (Å²) in [6, 6.07) is 4.05. The van der Waals surface area contributed by atoms with Gasteiger partial charge in [-0.05, 0) is 24.0 Å². The number of hydrogen-bond acceptors (Lipinski definition) is 2. The molecule has 0 aliphatic carbocycles. The zero-order chi connectivity index (χ0) is 12.8. The van der Waals surface area contributed by atoms with Crippen LogP contribution < -0.4 is 0 Å². The minimum absolute atomic E-state index is 0.0565. The van der Waals surface area contributed by atoms with E-state index in [0.29, 0.717) is 5.69 Å². The summed E-state index contributed by atoms with van der Waals surface area (Å²) in [6.45, 7) is 9.93. The lowest BCUT2D eigenvalue weighted by atomic mass is 9.88. The Balaban J connectivity index is 2.75. The molecule has 0 radical (unpaired) electrons. The van der Waals surface area contributed by atoms with E-state index < -0.39 is 0 Å². The van der Waals surface area contributed by atoms with Crippen molar-refractivity contribution in [1.82, 2.24) is 9.38 Å². The lowest BCUT2D eigenvalue weighted by molar-refractivity contribution is 0.101. The molecule has 0 atom stereocenters. The molecule has 17 heavy (non-hydrogen) atoms. The number of pyridine rings is 1. The topological polar surface area (TPSA) is 34.4 Å². The number of hydrogen-bond donors (Lipinski definition) is 0. The summed E-state index contributed by atoms with van der Waals surface area (Å²) < 4.78 is 1.90. The van der Waals surface area contributed by atoms with E-state index in [4.69, 9.17) is 0 Å². The molecule has 0 amide bonds. The van der Waals surface area contributed by atoms with Crippen LogP contribution in [0.4, 0.5) is 0 Å². The molecular formula is C14H18N2O. The van der Waals surface area contributed by atoms with Gasteiger partial charge in [-0.15, -0.1) is 0 Å². The van der Waals surface area contributed by atoms with E-state index in [9.17, 15) is 4.79 Å². The second-order valence-electron chi connectivity index (χ2n) is 5.50. The largest absolute Gasteiger partial charge is 0.297 e. The summed E-state index contributed by atoms with van der Waals surface area (Å²) in [4.78, 5) is 16.0. The molecule has 0 spiro atoms. The van der Waals surface area contributed by atoms with Crippen LogP contribution in [0.25, 0.3) is 5.65 Å². The zero-order valence-electron chi connectivity index (χ0n) is 11.0. The molecule has 0 aliphatic heterocycles. The average molecular weight is 230 g/mol. The first-order chi connectivity index (χ1) is 7.80. The Morgan fingerprint density at radius 3 is 2.47 bits per heavy atom. The first-order valence-electron chi connectivity index (χ1n) is 5.81. The SMILES string of the molecule is CC(=O)c1c(C)nc2ccc(C(C)(C)C)cn12. The smallest absolute Gasteiger partial charge is 0.178 e. The molecular weight excluding hydrogens is 212 g/mol. The Morgan fingerprint density at radius 2 is 1.94 bits per heavy atom. The molecule has 3 heteroatoms. The van der Waals surface area contributed by atoms with Crippen LogP contribution in [0.1, 0.15) is 49.4 Å². The monoisotopic (exact) mass is 230 g/mol. The van der Waals surface area contributed by atoms with Crippen LogP contribution in [0.15, 0.2) is 18.3 Å². The number of aromatic nitrogens is 2. The van der Waals surface area contributed by atoms with Gasteiger partial charge in [0.1, 0.15) is 11.3 Å². The Labute approximate surface area is 101 Å². The fraction of sp³-hybridized carbons (Fsp3) is 0.429. The van der Waals surface area contributed by atoms with E-state index in [0.717, 1.165) is 11.3 Å². The number of nitrogens with zero attached hydrogens (tertiary/aromatic N) is 2. The van der Waals surface area contributed by atoms with Gasteiger partial charge in [0.15, 0.2) is 5.78 Å². The van der Waals surface area contributed by atoms with Crippen LogP contribution in [-0.2, 0) is 5.41 Å². The predicted octanol–water partition coefficient (Wildman–Crippen LogP) is 3.14. The summed E-state index contributed by atoms with van der Waals surface area (Å²) in [5.41, 5.74) is 3.58. The van der Waals surface area contributed by atoms with E-state index in [1.54, 1.807) is 6.92 Å². The molecule has 2 heterocycles. The second kappa shape index (κ2) is 3.69. The quantitative estimate of drug-likeness (QED) is 0.705. The highest BCUT2D eigenvalue weighted by Gasteiger charge is 2.17. The average Bonchev–Trinajstić information content (AvgIpc) is 2.50. The van der Waals surface area contributed by atoms with Crippen molar-refractivity contribution in [3.8, 4) is 0 Å². The molecule has 0 aromatic carbocycles. The Morgan fingerprint density at radius 1 is 1.29 bits per heavy atom. The fourth-order valence-electron chi connectivity index (χ4n) is 2.03. The van der Waals surface area contributed by atoms with Gasteiger partial charge in [-0.25, -0.2) is 4.98 Å². The number of aryl methyl sites for hydroxylation is 1. The van der Waals surface area contributed by atoms with Gasteiger partial charge in [-0.3, -0.25) is 9.20 Å². The molecule has 2 aromatic heterocycles. The number of carbonyl (C=O) groups excluding carboxylic acids is 1. The third-order valence-electron chi connectivity index (χ3n) is 2.99. The maximum Gasteiger partial charge on any atom is 0.178 e. The summed E-state index contributed by atoms with van der Waals surface area (Å²) >= 11 is 0. The standard InChI is InChI=1S/C14H18N2O/c1-9-13(10(2)17)16-8-11(14(3,4)5)6-7-12(16)15-9/h6-8H,1-5H3. The lowest BCUT2D eigenvalue weighted by Gasteiger charge is -2.19. The van der Waals surface area contributed by atoms with Gasteiger partial charge in [-0.2, -0.15) is 0 Å². The number of rotatable bonds is 1. The van der Waals surface area contributed by atoms with Crippen LogP contribution >= 0.6 is 0 Å². The molecule has 2 rings (SSSR count). The van der Waals surface area contributed by atoms with Crippen molar-refractivity contribution in [2.45, 2.75) is 40.0 Å². The van der Waals surface area contributed by atoms with E-state index in [1.807, 2.05) is 23.6 Å². The molecule has 0 bridgehead atoms. The van der Waals surface area contributed by atoms with Crippen molar-refractivity contribution in [1.29, 1.82) is 0 Å². The van der Waals surface area contributed by atoms with Crippen LogP contribution in [0.2, 0.25) is 0 Å². The highest BCUT2D eigenvalue weighted by molar-refractivity contribution is 5.94. The van der Waals surface area contributed by atoms with Gasteiger partial charge in [0, 0.05) is 13.1 Å². The van der Waals surface area contributed by atoms with Crippen molar-refractivity contribution < 1.29 is 4.79 Å². The summed E-state index contributed by atoms with van der Waals surface area (Å²) in [6.07, 6.45) is 2.02. The highest BCUT2D eigenvalue weighted by Crippen LogP contribution is 2.23. The molecule has 90 valence electrons. The Bertz CT molecular complexity index is 588. The van der Waals surface area contributed by atoms with Gasteiger partial charge in [0.2, 0.25) is 0 Å². The normalized spacial score (nSPS) is 12.1. The molecule has 3 nitrogen and oxygen atoms in total. The number of ketones is 1. The first-order valence-corrected chi connectivity index (χ1v) is 5.81. The fourth-order valence-corrected chi connectivity index (χ4v) is 2.03. The third-order valence-corrected chi connectivity index (χ3v) is 2.99. The Hall–Kier alpha value is -1.64. The molecule has 0 unspecified atom stereocenters. The molecule has 0 fully saturated rings. The maximum atomic E-state index is 11.6. The summed E-state index contributed by atoms with van der Waals surface area (Å²) in [5, 5.41) is 0. The van der Waals surface area contributed by atoms with Crippen molar-refractivity contribution in [2.75, 3.05) is 0 Å². The highest BCUT2D eigenvalue weighted by atomic mass is 16.1.